The molecule has 0 fully saturated rings. The second kappa shape index (κ2) is 2.96. The van der Waals surface area contributed by atoms with E-state index in [-0.39, 0.29) is 5.82 Å². The Bertz CT molecular complexity index is 256. The third-order valence-electron chi connectivity index (χ3n) is 0.915. The lowest BCUT2D eigenvalue weighted by atomic mass is 10.6. The minimum Gasteiger partial charge on any atom is -0.402 e. The molecule has 1 aromatic heterocycles. The number of ether oxygens (including phenoxy) is 1. The van der Waals surface area contributed by atoms with Gasteiger partial charge in [-0.2, -0.15) is 0 Å². The van der Waals surface area contributed by atoms with E-state index in [9.17, 15) is 13.2 Å². The average Bonchev–Trinajstić information content (AvgIpc) is 1.91. The number of nitrogens with zero attached hydrogens (tertiary/aromatic N) is 2. The number of aromatic nitrogens is 2. The summed E-state index contributed by atoms with van der Waals surface area (Å²) >= 11 is 0. The largest absolute Gasteiger partial charge is 0.573 e. The van der Waals surface area contributed by atoms with Crippen molar-refractivity contribution < 1.29 is 17.9 Å². The molecule has 0 saturated carbocycles. The summed E-state index contributed by atoms with van der Waals surface area (Å²) in [4.78, 5) is 6.83. The Kier molecular flexibility index (Phi) is 2.16. The molecule has 0 N–H and O–H groups in total. The zero-order valence-electron chi connectivity index (χ0n) is 5.80. The van der Waals surface area contributed by atoms with E-state index in [1.807, 2.05) is 0 Å². The summed E-state index contributed by atoms with van der Waals surface area (Å²) in [5.41, 5.74) is 0. The van der Waals surface area contributed by atoms with Crippen LogP contribution in [0.4, 0.5) is 13.2 Å². The van der Waals surface area contributed by atoms with E-state index in [2.05, 4.69) is 21.6 Å². The van der Waals surface area contributed by atoms with Crippen molar-refractivity contribution in [2.75, 3.05) is 0 Å². The second-order valence-electron chi connectivity index (χ2n) is 1.88. The van der Waals surface area contributed by atoms with Crippen LogP contribution in [0.15, 0.2) is 12.4 Å². The summed E-state index contributed by atoms with van der Waals surface area (Å²) < 4.78 is 38.1. The maximum Gasteiger partial charge on any atom is 0.573 e. The van der Waals surface area contributed by atoms with Gasteiger partial charge in [-0.3, -0.25) is 0 Å². The molecule has 0 amide bonds. The first-order valence-corrected chi connectivity index (χ1v) is 2.87. The first kappa shape index (κ1) is 8.76. The van der Waals surface area contributed by atoms with Crippen LogP contribution in [0.3, 0.4) is 0 Å². The highest BCUT2D eigenvalue weighted by atomic mass is 19.4. The average molecular weight is 177 g/mol. The summed E-state index contributed by atoms with van der Waals surface area (Å²) in [5.74, 6) is -0.306. The Balaban J connectivity index is 2.71. The molecule has 0 saturated heterocycles. The van der Waals surface area contributed by atoms with E-state index in [0.717, 1.165) is 12.4 Å². The molecule has 1 heterocycles. The molecule has 1 aromatic rings. The molecule has 0 aromatic carbocycles. The fraction of sp³-hybridized carbons (Fsp3) is 0.167. The zero-order valence-corrected chi connectivity index (χ0v) is 5.80. The van der Waals surface area contributed by atoms with Gasteiger partial charge in [0.25, 0.3) is 0 Å². The van der Waals surface area contributed by atoms with Gasteiger partial charge in [-0.25, -0.2) is 9.97 Å². The van der Waals surface area contributed by atoms with Crippen LogP contribution in [0.2, 0.25) is 0 Å². The van der Waals surface area contributed by atoms with E-state index in [0.29, 0.717) is 0 Å². The molecule has 0 aliphatic rings. The highest BCUT2D eigenvalue weighted by molar-refractivity contribution is 5.13. The Hall–Kier alpha value is -1.33. The van der Waals surface area contributed by atoms with Crippen LogP contribution in [0, 0.1) is 6.92 Å². The molecule has 1 radical (unpaired) electrons. The molecule has 0 aliphatic heterocycles. The predicted molar refractivity (Wildman–Crippen MR) is 33.2 cm³/mol. The first-order valence-electron chi connectivity index (χ1n) is 2.87. The van der Waals surface area contributed by atoms with Crippen molar-refractivity contribution in [1.82, 2.24) is 9.97 Å². The summed E-state index contributed by atoms with van der Waals surface area (Å²) in [6.45, 7) is 3.30. The van der Waals surface area contributed by atoms with Crippen molar-refractivity contribution in [3.63, 3.8) is 0 Å². The molecule has 0 atom stereocenters. The van der Waals surface area contributed by atoms with Crippen LogP contribution in [-0.4, -0.2) is 16.3 Å². The molecular formula is C6H4F3N2O. The van der Waals surface area contributed by atoms with Crippen molar-refractivity contribution >= 4 is 0 Å². The summed E-state index contributed by atoms with van der Waals surface area (Å²) in [6.07, 6.45) is -2.89. The number of rotatable bonds is 1. The molecule has 0 aliphatic carbocycles. The van der Waals surface area contributed by atoms with Crippen LogP contribution in [0.25, 0.3) is 0 Å². The summed E-state index contributed by atoms with van der Waals surface area (Å²) in [7, 11) is 0. The molecule has 0 unspecified atom stereocenters. The number of alkyl halides is 3. The number of halogens is 3. The van der Waals surface area contributed by atoms with Crippen molar-refractivity contribution in [2.24, 2.45) is 0 Å². The molecule has 3 nitrogen and oxygen atoms in total. The van der Waals surface area contributed by atoms with Crippen LogP contribution in [-0.2, 0) is 0 Å². The Labute approximate surface area is 66.2 Å². The summed E-state index contributed by atoms with van der Waals surface area (Å²) in [6, 6.07) is 0. The Morgan fingerprint density at radius 2 is 1.75 bits per heavy atom. The van der Waals surface area contributed by atoms with E-state index in [1.165, 1.54) is 0 Å². The second-order valence-corrected chi connectivity index (χ2v) is 1.88. The van der Waals surface area contributed by atoms with Crippen molar-refractivity contribution in [3.05, 3.63) is 25.1 Å². The third kappa shape index (κ3) is 2.73. The molecule has 1 rings (SSSR count). The van der Waals surface area contributed by atoms with Gasteiger partial charge in [-0.15, -0.1) is 13.2 Å². The quantitative estimate of drug-likeness (QED) is 0.652. The van der Waals surface area contributed by atoms with E-state index < -0.39 is 12.1 Å². The van der Waals surface area contributed by atoms with Gasteiger partial charge in [-0.05, 0) is 0 Å². The highest BCUT2D eigenvalue weighted by Gasteiger charge is 2.31. The van der Waals surface area contributed by atoms with Crippen molar-refractivity contribution in [2.45, 2.75) is 6.36 Å². The minimum atomic E-state index is -4.70. The molecule has 0 bridgehead atoms. The zero-order chi connectivity index (χ0) is 9.19. The SMILES string of the molecule is [CH2]c1ncc(OC(F)(F)F)cn1. The van der Waals surface area contributed by atoms with E-state index in [4.69, 9.17) is 0 Å². The normalized spacial score (nSPS) is 11.3. The van der Waals surface area contributed by atoms with Gasteiger partial charge in [0.2, 0.25) is 0 Å². The maximum atomic E-state index is 11.5. The van der Waals surface area contributed by atoms with Gasteiger partial charge in [0.05, 0.1) is 12.4 Å². The van der Waals surface area contributed by atoms with Gasteiger partial charge in [0, 0.05) is 6.92 Å². The number of hydrogen-bond acceptors (Lipinski definition) is 3. The fourth-order valence-corrected chi connectivity index (χ4v) is 0.529. The Morgan fingerprint density at radius 3 is 2.17 bits per heavy atom. The number of hydrogen-bond donors (Lipinski definition) is 0. The van der Waals surface area contributed by atoms with Crippen LogP contribution >= 0.6 is 0 Å². The van der Waals surface area contributed by atoms with Gasteiger partial charge in [-0.1, -0.05) is 0 Å². The smallest absolute Gasteiger partial charge is 0.402 e. The van der Waals surface area contributed by atoms with Gasteiger partial charge in [0.1, 0.15) is 5.82 Å². The van der Waals surface area contributed by atoms with E-state index >= 15 is 0 Å². The van der Waals surface area contributed by atoms with Gasteiger partial charge < -0.3 is 4.74 Å². The topological polar surface area (TPSA) is 35.0 Å². The van der Waals surface area contributed by atoms with Crippen LogP contribution in [0.5, 0.6) is 5.75 Å². The monoisotopic (exact) mass is 177 g/mol. The lowest BCUT2D eigenvalue weighted by Gasteiger charge is -2.06. The van der Waals surface area contributed by atoms with Gasteiger partial charge >= 0.3 is 6.36 Å². The van der Waals surface area contributed by atoms with Crippen molar-refractivity contribution in [3.8, 4) is 5.75 Å². The Morgan fingerprint density at radius 1 is 1.25 bits per heavy atom. The minimum absolute atomic E-state index is 0.143. The fourth-order valence-electron chi connectivity index (χ4n) is 0.529. The highest BCUT2D eigenvalue weighted by Crippen LogP contribution is 2.20. The molecule has 12 heavy (non-hydrogen) atoms. The lowest BCUT2D eigenvalue weighted by molar-refractivity contribution is -0.274. The predicted octanol–water partition coefficient (Wildman–Crippen LogP) is 1.56. The third-order valence-corrected chi connectivity index (χ3v) is 0.915. The van der Waals surface area contributed by atoms with Crippen LogP contribution < -0.4 is 4.74 Å². The van der Waals surface area contributed by atoms with Crippen molar-refractivity contribution in [1.29, 1.82) is 0 Å². The first-order chi connectivity index (χ1) is 5.47. The van der Waals surface area contributed by atoms with E-state index in [1.54, 1.807) is 0 Å². The standard InChI is InChI=1S/C6H4F3N2O/c1-4-10-2-5(3-11-4)12-6(7,8)9/h2-3H,1H2. The summed E-state index contributed by atoms with van der Waals surface area (Å²) in [5, 5.41) is 0. The molecule has 6 heteroatoms. The molecule has 0 spiro atoms. The lowest BCUT2D eigenvalue weighted by Crippen LogP contribution is -2.17. The van der Waals surface area contributed by atoms with Crippen LogP contribution in [0.1, 0.15) is 5.82 Å². The van der Waals surface area contributed by atoms with Gasteiger partial charge in [0.15, 0.2) is 5.75 Å². The molecular weight excluding hydrogens is 173 g/mol. The molecule has 65 valence electrons. The maximum absolute atomic E-state index is 11.5.